The second kappa shape index (κ2) is 5.10. The zero-order valence-electron chi connectivity index (χ0n) is 8.46. The van der Waals surface area contributed by atoms with E-state index in [-0.39, 0.29) is 11.7 Å². The van der Waals surface area contributed by atoms with Gasteiger partial charge in [-0.05, 0) is 35.9 Å². The van der Waals surface area contributed by atoms with Gasteiger partial charge in [-0.2, -0.15) is 0 Å². The quantitative estimate of drug-likeness (QED) is 0.755. The number of nitrogens with one attached hydrogen (secondary N) is 1. The predicted octanol–water partition coefficient (Wildman–Crippen LogP) is 2.49. The molecule has 0 spiro atoms. The molecule has 78 valence electrons. The molecule has 2 nitrogen and oxygen atoms in total. The van der Waals surface area contributed by atoms with Crippen LogP contribution < -0.4 is 5.32 Å². The van der Waals surface area contributed by atoms with Gasteiger partial charge in [0.2, 0.25) is 5.91 Å². The molecule has 1 aromatic rings. The van der Waals surface area contributed by atoms with Gasteiger partial charge in [0.25, 0.3) is 0 Å². The molecule has 0 fully saturated rings. The minimum Gasteiger partial charge on any atom is -0.326 e. The molecule has 0 radical (unpaired) electrons. The van der Waals surface area contributed by atoms with E-state index in [1.807, 2.05) is 0 Å². The summed E-state index contributed by atoms with van der Waals surface area (Å²) in [5.41, 5.74) is 1.35. The highest BCUT2D eigenvalue weighted by Crippen LogP contribution is 2.12. The number of rotatable bonds is 3. The topological polar surface area (TPSA) is 29.1 Å². The number of benzene rings is 1. The molecule has 1 N–H and O–H groups in total. The molecule has 1 aromatic carbocycles. The number of carbonyl (C=O) groups is 1. The maximum absolute atomic E-state index is 12.7. The molecular formula is C12H12FNO. The first-order valence-corrected chi connectivity index (χ1v) is 4.49. The van der Waals surface area contributed by atoms with Gasteiger partial charge < -0.3 is 5.32 Å². The monoisotopic (exact) mass is 205 g/mol. The lowest BCUT2D eigenvalue weighted by Crippen LogP contribution is -2.17. The van der Waals surface area contributed by atoms with E-state index in [4.69, 9.17) is 0 Å². The van der Waals surface area contributed by atoms with Crippen LogP contribution in [0.3, 0.4) is 0 Å². The third kappa shape index (κ3) is 3.38. The molecule has 15 heavy (non-hydrogen) atoms. The standard InChI is InChI=1S/C12H12FNO/c1-3-4-12(14-9(2)15)10-5-7-11(13)8-6-10/h3-8H,1H2,2H3,(H,14,15). The Bertz CT molecular complexity index is 393. The van der Waals surface area contributed by atoms with Gasteiger partial charge in [0, 0.05) is 12.6 Å². The van der Waals surface area contributed by atoms with Crippen molar-refractivity contribution in [1.29, 1.82) is 0 Å². The molecule has 3 heteroatoms. The molecule has 1 amide bonds. The highest BCUT2D eigenvalue weighted by molar-refractivity contribution is 5.85. The fourth-order valence-corrected chi connectivity index (χ4v) is 1.15. The molecule has 1 rings (SSSR count). The fourth-order valence-electron chi connectivity index (χ4n) is 1.15. The van der Waals surface area contributed by atoms with Crippen molar-refractivity contribution in [2.24, 2.45) is 0 Å². The summed E-state index contributed by atoms with van der Waals surface area (Å²) in [4.78, 5) is 10.9. The van der Waals surface area contributed by atoms with Gasteiger partial charge in [-0.25, -0.2) is 4.39 Å². The summed E-state index contributed by atoms with van der Waals surface area (Å²) in [7, 11) is 0. The Hall–Kier alpha value is -1.90. The maximum Gasteiger partial charge on any atom is 0.221 e. The van der Waals surface area contributed by atoms with Crippen LogP contribution in [0.2, 0.25) is 0 Å². The summed E-state index contributed by atoms with van der Waals surface area (Å²) in [6.07, 6.45) is 3.23. The van der Waals surface area contributed by atoms with Gasteiger partial charge in [0.15, 0.2) is 0 Å². The Morgan fingerprint density at radius 3 is 2.47 bits per heavy atom. The van der Waals surface area contributed by atoms with Crippen molar-refractivity contribution in [1.82, 2.24) is 5.32 Å². The first-order chi connectivity index (χ1) is 7.13. The second-order valence-electron chi connectivity index (χ2n) is 3.00. The maximum atomic E-state index is 12.7. The van der Waals surface area contributed by atoms with Crippen LogP contribution in [0.5, 0.6) is 0 Å². The summed E-state index contributed by atoms with van der Waals surface area (Å²) in [5.74, 6) is -0.480. The van der Waals surface area contributed by atoms with Crippen LogP contribution in [-0.4, -0.2) is 5.91 Å². The normalized spacial score (nSPS) is 10.9. The Kier molecular flexibility index (Phi) is 3.80. The molecule has 0 aromatic heterocycles. The largest absolute Gasteiger partial charge is 0.326 e. The van der Waals surface area contributed by atoms with E-state index in [0.717, 1.165) is 5.56 Å². The number of hydrogen-bond acceptors (Lipinski definition) is 1. The van der Waals surface area contributed by atoms with Crippen molar-refractivity contribution in [2.45, 2.75) is 6.92 Å². The second-order valence-corrected chi connectivity index (χ2v) is 3.00. The van der Waals surface area contributed by atoms with E-state index in [1.165, 1.54) is 19.1 Å². The lowest BCUT2D eigenvalue weighted by Gasteiger charge is -2.07. The van der Waals surface area contributed by atoms with Crippen molar-refractivity contribution >= 4 is 11.6 Å². The molecule has 0 unspecified atom stereocenters. The summed E-state index contributed by atoms with van der Waals surface area (Å²) in [6, 6.07) is 5.88. The minimum atomic E-state index is -0.306. The number of hydrogen-bond donors (Lipinski definition) is 1. The Morgan fingerprint density at radius 2 is 2.00 bits per heavy atom. The molecule has 0 saturated heterocycles. The molecule has 0 saturated carbocycles. The van der Waals surface area contributed by atoms with Crippen molar-refractivity contribution in [2.75, 3.05) is 0 Å². The molecule has 0 aliphatic rings. The molecule has 0 aliphatic heterocycles. The van der Waals surface area contributed by atoms with Crippen LogP contribution >= 0.6 is 0 Å². The third-order valence-corrected chi connectivity index (χ3v) is 1.75. The highest BCUT2D eigenvalue weighted by Gasteiger charge is 2.02. The number of carbonyl (C=O) groups excluding carboxylic acids is 1. The lowest BCUT2D eigenvalue weighted by molar-refractivity contribution is -0.117. The molecule has 0 bridgehead atoms. The minimum absolute atomic E-state index is 0.174. The first-order valence-electron chi connectivity index (χ1n) is 4.49. The first kappa shape index (κ1) is 11.2. The average Bonchev–Trinajstić information content (AvgIpc) is 2.17. The Labute approximate surface area is 88.1 Å². The van der Waals surface area contributed by atoms with Crippen LogP contribution in [0.1, 0.15) is 12.5 Å². The van der Waals surface area contributed by atoms with Crippen molar-refractivity contribution in [3.05, 3.63) is 54.4 Å². The van der Waals surface area contributed by atoms with Gasteiger partial charge in [-0.1, -0.05) is 12.7 Å². The van der Waals surface area contributed by atoms with Crippen molar-refractivity contribution in [3.63, 3.8) is 0 Å². The fraction of sp³-hybridized carbons (Fsp3) is 0.0833. The molecule has 0 atom stereocenters. The van der Waals surface area contributed by atoms with E-state index in [2.05, 4.69) is 11.9 Å². The lowest BCUT2D eigenvalue weighted by atomic mass is 10.1. The van der Waals surface area contributed by atoms with E-state index >= 15 is 0 Å². The van der Waals surface area contributed by atoms with Crippen LogP contribution in [0.4, 0.5) is 4.39 Å². The summed E-state index contributed by atoms with van der Waals surface area (Å²) in [6.45, 7) is 4.97. The van der Waals surface area contributed by atoms with E-state index < -0.39 is 0 Å². The highest BCUT2D eigenvalue weighted by atomic mass is 19.1. The van der Waals surface area contributed by atoms with Gasteiger partial charge >= 0.3 is 0 Å². The van der Waals surface area contributed by atoms with Crippen LogP contribution in [0.25, 0.3) is 5.70 Å². The molecular weight excluding hydrogens is 193 g/mol. The zero-order valence-corrected chi connectivity index (χ0v) is 8.46. The Balaban J connectivity index is 2.99. The number of halogens is 1. The third-order valence-electron chi connectivity index (χ3n) is 1.75. The summed E-state index contributed by atoms with van der Waals surface area (Å²) < 4.78 is 12.7. The smallest absolute Gasteiger partial charge is 0.221 e. The van der Waals surface area contributed by atoms with Crippen LogP contribution in [0.15, 0.2) is 43.0 Å². The SMILES string of the molecule is C=CC=C(NC(C)=O)c1ccc(F)cc1. The average molecular weight is 205 g/mol. The summed E-state index contributed by atoms with van der Waals surface area (Å²) in [5, 5.41) is 2.65. The molecule has 0 heterocycles. The van der Waals surface area contributed by atoms with Crippen LogP contribution in [0, 0.1) is 5.82 Å². The van der Waals surface area contributed by atoms with Crippen molar-refractivity contribution in [3.8, 4) is 0 Å². The van der Waals surface area contributed by atoms with Crippen LogP contribution in [-0.2, 0) is 4.79 Å². The predicted molar refractivity (Wildman–Crippen MR) is 58.4 cm³/mol. The number of allylic oxidation sites excluding steroid dienone is 2. The number of amides is 1. The zero-order chi connectivity index (χ0) is 11.3. The molecule has 0 aliphatic carbocycles. The van der Waals surface area contributed by atoms with E-state index in [1.54, 1.807) is 24.3 Å². The van der Waals surface area contributed by atoms with Gasteiger partial charge in [-0.15, -0.1) is 0 Å². The van der Waals surface area contributed by atoms with Gasteiger partial charge in [0.05, 0.1) is 0 Å². The van der Waals surface area contributed by atoms with Crippen molar-refractivity contribution < 1.29 is 9.18 Å². The van der Waals surface area contributed by atoms with Gasteiger partial charge in [0.1, 0.15) is 5.82 Å². The van der Waals surface area contributed by atoms with Gasteiger partial charge in [-0.3, -0.25) is 4.79 Å². The summed E-state index contributed by atoms with van der Waals surface area (Å²) >= 11 is 0. The van der Waals surface area contributed by atoms with E-state index in [9.17, 15) is 9.18 Å². The van der Waals surface area contributed by atoms with E-state index in [0.29, 0.717) is 5.70 Å². The Morgan fingerprint density at radius 1 is 1.40 bits per heavy atom.